The first kappa shape index (κ1) is 12.6. The molecule has 80 valence electrons. The molecule has 6 heteroatoms. The maximum Gasteiger partial charge on any atom is 0.378 e. The van der Waals surface area contributed by atoms with Gasteiger partial charge in [0.05, 0.1) is 13.7 Å². The Morgan fingerprint density at radius 1 is 1.21 bits per heavy atom. The van der Waals surface area contributed by atoms with E-state index in [0.717, 1.165) is 14.2 Å². The minimum absolute atomic E-state index is 0.0577. The summed E-state index contributed by atoms with van der Waals surface area (Å²) in [5, 5.41) is 0. The normalized spacial score (nSPS) is 11.6. The van der Waals surface area contributed by atoms with Gasteiger partial charge in [0.2, 0.25) is 6.10 Å². The lowest BCUT2D eigenvalue weighted by molar-refractivity contribution is -0.166. The maximum absolute atomic E-state index is 11.2. The Kier molecular flexibility index (Phi) is 5.47. The Hall–Kier alpha value is -1.43. The Morgan fingerprint density at radius 2 is 1.79 bits per heavy atom. The molecule has 0 rings (SSSR count). The average Bonchev–Trinajstić information content (AvgIpc) is 2.18. The predicted molar refractivity (Wildman–Crippen MR) is 44.5 cm³/mol. The zero-order valence-corrected chi connectivity index (χ0v) is 8.23. The summed E-state index contributed by atoms with van der Waals surface area (Å²) < 4.78 is 13.2. The molecule has 0 aliphatic rings. The molecule has 0 aromatic heterocycles. The number of ether oxygens (including phenoxy) is 3. The highest BCUT2D eigenvalue weighted by Gasteiger charge is 2.33. The van der Waals surface area contributed by atoms with E-state index < -0.39 is 23.8 Å². The second kappa shape index (κ2) is 6.09. The van der Waals surface area contributed by atoms with Gasteiger partial charge in [0.1, 0.15) is 0 Å². The third-order valence-corrected chi connectivity index (χ3v) is 1.37. The van der Waals surface area contributed by atoms with Gasteiger partial charge >= 0.3 is 11.9 Å². The minimum Gasteiger partial charge on any atom is -0.467 e. The zero-order valence-electron chi connectivity index (χ0n) is 8.23. The van der Waals surface area contributed by atoms with Gasteiger partial charge in [-0.05, 0) is 6.92 Å². The quantitative estimate of drug-likeness (QED) is 0.335. The van der Waals surface area contributed by atoms with E-state index in [0.29, 0.717) is 0 Å². The number of hydrogen-bond donors (Lipinski definition) is 0. The third-order valence-electron chi connectivity index (χ3n) is 1.37. The maximum atomic E-state index is 11.2. The van der Waals surface area contributed by atoms with Crippen LogP contribution in [0.4, 0.5) is 0 Å². The largest absolute Gasteiger partial charge is 0.467 e. The standard InChI is InChI=1S/C8H12O6/c1-4-14-7(10)5(9)6(12-2)8(11)13-3/h6H,4H2,1-3H3. The smallest absolute Gasteiger partial charge is 0.378 e. The molecule has 1 atom stereocenters. The van der Waals surface area contributed by atoms with Crippen molar-refractivity contribution in [2.45, 2.75) is 13.0 Å². The molecule has 1 unspecified atom stereocenters. The number of Topliss-reactive ketones (excluding diaryl/α,β-unsaturated/α-hetero) is 1. The summed E-state index contributed by atoms with van der Waals surface area (Å²) in [6.45, 7) is 1.60. The Labute approximate surface area is 81.1 Å². The summed E-state index contributed by atoms with van der Waals surface area (Å²) >= 11 is 0. The lowest BCUT2D eigenvalue weighted by Gasteiger charge is -2.10. The fourth-order valence-electron chi connectivity index (χ4n) is 0.727. The molecule has 0 radical (unpaired) electrons. The molecule has 0 aliphatic heterocycles. The number of hydrogen-bond acceptors (Lipinski definition) is 6. The van der Waals surface area contributed by atoms with Gasteiger partial charge < -0.3 is 14.2 Å². The van der Waals surface area contributed by atoms with Gasteiger partial charge in [-0.3, -0.25) is 4.79 Å². The summed E-state index contributed by atoms with van der Waals surface area (Å²) in [7, 11) is 2.21. The van der Waals surface area contributed by atoms with E-state index in [-0.39, 0.29) is 6.61 Å². The molecule has 0 spiro atoms. The molecule has 0 N–H and O–H groups in total. The molecule has 0 aliphatic carbocycles. The summed E-state index contributed by atoms with van der Waals surface area (Å²) in [5.74, 6) is -3.10. The van der Waals surface area contributed by atoms with Crippen LogP contribution >= 0.6 is 0 Å². The van der Waals surface area contributed by atoms with Gasteiger partial charge in [0.25, 0.3) is 5.78 Å². The van der Waals surface area contributed by atoms with Gasteiger partial charge in [0, 0.05) is 7.11 Å². The Bertz CT molecular complexity index is 234. The van der Waals surface area contributed by atoms with Gasteiger partial charge in [-0.25, -0.2) is 9.59 Å². The van der Waals surface area contributed by atoms with Crippen molar-refractivity contribution in [3.8, 4) is 0 Å². The molecule has 0 saturated heterocycles. The molecule has 0 heterocycles. The van der Waals surface area contributed by atoms with Crippen molar-refractivity contribution >= 4 is 17.7 Å². The van der Waals surface area contributed by atoms with Crippen molar-refractivity contribution in [3.05, 3.63) is 0 Å². The molecule has 6 nitrogen and oxygen atoms in total. The first-order chi connectivity index (χ1) is 6.58. The highest BCUT2D eigenvalue weighted by molar-refractivity contribution is 6.39. The minimum atomic E-state index is -1.54. The van der Waals surface area contributed by atoms with Crippen LogP contribution in [0.25, 0.3) is 0 Å². The summed E-state index contributed by atoms with van der Waals surface area (Å²) in [6.07, 6.45) is -1.54. The van der Waals surface area contributed by atoms with Crippen molar-refractivity contribution < 1.29 is 28.6 Å². The highest BCUT2D eigenvalue weighted by atomic mass is 16.6. The first-order valence-electron chi connectivity index (χ1n) is 3.90. The molecule has 0 aromatic carbocycles. The van der Waals surface area contributed by atoms with Crippen molar-refractivity contribution in [2.24, 2.45) is 0 Å². The molecule has 0 fully saturated rings. The van der Waals surface area contributed by atoms with Crippen LogP contribution < -0.4 is 0 Å². The number of esters is 2. The van der Waals surface area contributed by atoms with Crippen LogP contribution in [0.3, 0.4) is 0 Å². The summed E-state index contributed by atoms with van der Waals surface area (Å²) in [6, 6.07) is 0. The Morgan fingerprint density at radius 3 is 2.14 bits per heavy atom. The molecule has 0 saturated carbocycles. The number of methoxy groups -OCH3 is 2. The molecular weight excluding hydrogens is 192 g/mol. The predicted octanol–water partition coefficient (Wildman–Crippen LogP) is -0.693. The first-order valence-corrected chi connectivity index (χ1v) is 3.90. The molecular formula is C8H12O6. The highest BCUT2D eigenvalue weighted by Crippen LogP contribution is 1.97. The second-order valence-corrected chi connectivity index (χ2v) is 2.22. The zero-order chi connectivity index (χ0) is 11.1. The monoisotopic (exact) mass is 204 g/mol. The van der Waals surface area contributed by atoms with Crippen LogP contribution in [0.5, 0.6) is 0 Å². The van der Waals surface area contributed by atoms with Crippen molar-refractivity contribution in [2.75, 3.05) is 20.8 Å². The van der Waals surface area contributed by atoms with Crippen LogP contribution in [0.1, 0.15) is 6.92 Å². The van der Waals surface area contributed by atoms with Crippen LogP contribution in [0.15, 0.2) is 0 Å². The van der Waals surface area contributed by atoms with E-state index in [9.17, 15) is 14.4 Å². The Balaban J connectivity index is 4.46. The SMILES string of the molecule is CCOC(=O)C(=O)C(OC)C(=O)OC. The fourth-order valence-corrected chi connectivity index (χ4v) is 0.727. The fraction of sp³-hybridized carbons (Fsp3) is 0.625. The number of carbonyl (C=O) groups excluding carboxylic acids is 3. The molecule has 14 heavy (non-hydrogen) atoms. The van der Waals surface area contributed by atoms with E-state index in [2.05, 4.69) is 14.2 Å². The summed E-state index contributed by atoms with van der Waals surface area (Å²) in [4.78, 5) is 33.0. The topological polar surface area (TPSA) is 78.9 Å². The second-order valence-electron chi connectivity index (χ2n) is 2.22. The van der Waals surface area contributed by atoms with Gasteiger partial charge in [-0.2, -0.15) is 0 Å². The number of carbonyl (C=O) groups is 3. The molecule has 0 aromatic rings. The lowest BCUT2D eigenvalue weighted by atomic mass is 10.2. The molecule has 0 amide bonds. The van der Waals surface area contributed by atoms with Crippen LogP contribution in [-0.2, 0) is 28.6 Å². The number of rotatable bonds is 5. The van der Waals surface area contributed by atoms with Gasteiger partial charge in [-0.1, -0.05) is 0 Å². The van der Waals surface area contributed by atoms with Crippen LogP contribution in [-0.4, -0.2) is 44.7 Å². The number of ketones is 1. The van der Waals surface area contributed by atoms with E-state index in [1.165, 1.54) is 0 Å². The van der Waals surface area contributed by atoms with E-state index in [1.54, 1.807) is 6.92 Å². The molecule has 0 bridgehead atoms. The van der Waals surface area contributed by atoms with Crippen LogP contribution in [0.2, 0.25) is 0 Å². The van der Waals surface area contributed by atoms with Crippen molar-refractivity contribution in [1.29, 1.82) is 0 Å². The van der Waals surface area contributed by atoms with Gasteiger partial charge in [0.15, 0.2) is 0 Å². The van der Waals surface area contributed by atoms with E-state index in [4.69, 9.17) is 0 Å². The van der Waals surface area contributed by atoms with Crippen molar-refractivity contribution in [3.63, 3.8) is 0 Å². The van der Waals surface area contributed by atoms with E-state index in [1.807, 2.05) is 0 Å². The van der Waals surface area contributed by atoms with E-state index >= 15 is 0 Å². The third kappa shape index (κ3) is 3.14. The van der Waals surface area contributed by atoms with Gasteiger partial charge in [-0.15, -0.1) is 0 Å². The summed E-state index contributed by atoms with van der Waals surface area (Å²) in [5.41, 5.74) is 0. The van der Waals surface area contributed by atoms with Crippen LogP contribution in [0, 0.1) is 0 Å². The lowest BCUT2D eigenvalue weighted by Crippen LogP contribution is -2.38. The average molecular weight is 204 g/mol. The van der Waals surface area contributed by atoms with Crippen molar-refractivity contribution in [1.82, 2.24) is 0 Å².